The SMILES string of the molecule is Cc1nn(-c2ccc(C(F)(F)F)cn2)c(C)c1CC(=O)N1CC[C@H](C(=O)O)C1. The van der Waals surface area contributed by atoms with Gasteiger partial charge >= 0.3 is 12.1 Å². The van der Waals surface area contributed by atoms with Crippen molar-refractivity contribution in [2.75, 3.05) is 13.1 Å². The maximum absolute atomic E-state index is 12.7. The van der Waals surface area contributed by atoms with Gasteiger partial charge in [-0.2, -0.15) is 18.3 Å². The van der Waals surface area contributed by atoms with Crippen LogP contribution in [0.4, 0.5) is 13.2 Å². The van der Waals surface area contributed by atoms with Crippen LogP contribution >= 0.6 is 0 Å². The summed E-state index contributed by atoms with van der Waals surface area (Å²) >= 11 is 0. The first kappa shape index (κ1) is 19.8. The topological polar surface area (TPSA) is 88.3 Å². The molecule has 1 atom stereocenters. The maximum Gasteiger partial charge on any atom is 0.417 e. The van der Waals surface area contributed by atoms with E-state index in [1.807, 2.05) is 0 Å². The minimum atomic E-state index is -4.47. The Labute approximate surface area is 158 Å². The lowest BCUT2D eigenvalue weighted by Gasteiger charge is -2.16. The van der Waals surface area contributed by atoms with Crippen LogP contribution in [0.2, 0.25) is 0 Å². The lowest BCUT2D eigenvalue weighted by Crippen LogP contribution is -2.31. The molecule has 2 aromatic heterocycles. The number of aromatic nitrogens is 3. The summed E-state index contributed by atoms with van der Waals surface area (Å²) in [4.78, 5) is 29.0. The first-order valence-electron chi connectivity index (χ1n) is 8.67. The number of rotatable bonds is 4. The van der Waals surface area contributed by atoms with Crippen LogP contribution < -0.4 is 0 Å². The van der Waals surface area contributed by atoms with E-state index < -0.39 is 23.6 Å². The number of likely N-dealkylation sites (tertiary alicyclic amines) is 1. The molecule has 1 aliphatic rings. The average molecular weight is 396 g/mol. The molecule has 7 nitrogen and oxygen atoms in total. The number of carboxylic acids is 1. The third-order valence-electron chi connectivity index (χ3n) is 4.95. The number of nitrogens with zero attached hydrogens (tertiary/aromatic N) is 4. The molecule has 0 aliphatic carbocycles. The van der Waals surface area contributed by atoms with Gasteiger partial charge in [-0.25, -0.2) is 9.67 Å². The largest absolute Gasteiger partial charge is 0.481 e. The fraction of sp³-hybridized carbons (Fsp3) is 0.444. The molecule has 0 spiro atoms. The van der Waals surface area contributed by atoms with E-state index in [-0.39, 0.29) is 24.7 Å². The van der Waals surface area contributed by atoms with Gasteiger partial charge in [0.2, 0.25) is 5.91 Å². The molecule has 1 fully saturated rings. The van der Waals surface area contributed by atoms with Crippen LogP contribution in [0, 0.1) is 19.8 Å². The molecule has 0 saturated carbocycles. The second-order valence-electron chi connectivity index (χ2n) is 6.80. The van der Waals surface area contributed by atoms with Crippen molar-refractivity contribution < 1.29 is 27.9 Å². The van der Waals surface area contributed by atoms with Crippen LogP contribution in [0.5, 0.6) is 0 Å². The summed E-state index contributed by atoms with van der Waals surface area (Å²) in [5.41, 5.74) is 0.981. The Morgan fingerprint density at radius 2 is 2.00 bits per heavy atom. The first-order valence-corrected chi connectivity index (χ1v) is 8.67. The number of alkyl halides is 3. The Balaban J connectivity index is 1.79. The van der Waals surface area contributed by atoms with E-state index in [2.05, 4.69) is 10.1 Å². The predicted molar refractivity (Wildman–Crippen MR) is 91.9 cm³/mol. The Morgan fingerprint density at radius 1 is 1.29 bits per heavy atom. The summed E-state index contributed by atoms with van der Waals surface area (Å²) in [7, 11) is 0. The fourth-order valence-electron chi connectivity index (χ4n) is 3.28. The standard InChI is InChI=1S/C18H19F3N4O3/c1-10-14(7-16(26)24-6-5-12(9-24)17(27)28)11(2)25(23-10)15-4-3-13(8-22-15)18(19,20)21/h3-4,8,12H,5-7,9H2,1-2H3,(H,27,28)/t12-/m0/s1. The van der Waals surface area contributed by atoms with Crippen molar-refractivity contribution in [2.24, 2.45) is 5.92 Å². The quantitative estimate of drug-likeness (QED) is 0.857. The predicted octanol–water partition coefficient (Wildman–Crippen LogP) is 2.38. The molecule has 3 heterocycles. The van der Waals surface area contributed by atoms with Gasteiger partial charge in [0, 0.05) is 30.5 Å². The molecule has 0 unspecified atom stereocenters. The highest BCUT2D eigenvalue weighted by Gasteiger charge is 2.32. The smallest absolute Gasteiger partial charge is 0.417 e. The Hall–Kier alpha value is -2.91. The fourth-order valence-corrected chi connectivity index (χ4v) is 3.28. The van der Waals surface area contributed by atoms with Gasteiger partial charge < -0.3 is 10.0 Å². The van der Waals surface area contributed by atoms with Crippen LogP contribution in [-0.4, -0.2) is 49.7 Å². The molecule has 1 aliphatic heterocycles. The minimum Gasteiger partial charge on any atom is -0.481 e. The molecular weight excluding hydrogens is 377 g/mol. The van der Waals surface area contributed by atoms with Gasteiger partial charge in [-0.1, -0.05) is 0 Å². The van der Waals surface area contributed by atoms with Gasteiger partial charge in [0.25, 0.3) is 0 Å². The average Bonchev–Trinajstić information content (AvgIpc) is 3.22. The molecular formula is C18H19F3N4O3. The van der Waals surface area contributed by atoms with Gasteiger partial charge in [-0.15, -0.1) is 0 Å². The number of carboxylic acid groups (broad SMARTS) is 1. The summed E-state index contributed by atoms with van der Waals surface area (Å²) in [5.74, 6) is -1.44. The molecule has 2 aromatic rings. The van der Waals surface area contributed by atoms with Crippen molar-refractivity contribution in [3.8, 4) is 5.82 Å². The normalized spacial score (nSPS) is 17.2. The lowest BCUT2D eigenvalue weighted by molar-refractivity contribution is -0.141. The van der Waals surface area contributed by atoms with Crippen molar-refractivity contribution >= 4 is 11.9 Å². The zero-order valence-corrected chi connectivity index (χ0v) is 15.3. The zero-order valence-electron chi connectivity index (χ0n) is 15.3. The van der Waals surface area contributed by atoms with E-state index in [0.29, 0.717) is 29.9 Å². The van der Waals surface area contributed by atoms with Gasteiger partial charge in [0.1, 0.15) is 0 Å². The molecule has 1 N–H and O–H groups in total. The van der Waals surface area contributed by atoms with E-state index in [1.54, 1.807) is 13.8 Å². The highest BCUT2D eigenvalue weighted by molar-refractivity contribution is 5.81. The lowest BCUT2D eigenvalue weighted by atomic mass is 10.1. The van der Waals surface area contributed by atoms with Gasteiger partial charge in [0.05, 0.1) is 23.6 Å². The van der Waals surface area contributed by atoms with Gasteiger partial charge in [0.15, 0.2) is 5.82 Å². The Bertz CT molecular complexity index is 906. The summed E-state index contributed by atoms with van der Waals surface area (Å²) in [6.07, 6.45) is -3.26. The summed E-state index contributed by atoms with van der Waals surface area (Å²) in [6.45, 7) is 4.00. The number of aryl methyl sites for hydroxylation is 1. The number of pyridine rings is 1. The summed E-state index contributed by atoms with van der Waals surface area (Å²) in [6, 6.07) is 2.16. The van der Waals surface area contributed by atoms with Crippen molar-refractivity contribution in [1.82, 2.24) is 19.7 Å². The zero-order chi connectivity index (χ0) is 20.6. The highest BCUT2D eigenvalue weighted by atomic mass is 19.4. The van der Waals surface area contributed by atoms with Crippen molar-refractivity contribution in [2.45, 2.75) is 32.9 Å². The first-order chi connectivity index (χ1) is 13.1. The molecule has 3 rings (SSSR count). The van der Waals surface area contributed by atoms with E-state index in [0.717, 1.165) is 12.3 Å². The second-order valence-corrected chi connectivity index (χ2v) is 6.80. The molecule has 1 amide bonds. The van der Waals surface area contributed by atoms with E-state index in [1.165, 1.54) is 15.6 Å². The maximum atomic E-state index is 12.7. The van der Waals surface area contributed by atoms with Crippen LogP contribution in [0.15, 0.2) is 18.3 Å². The Morgan fingerprint density at radius 3 is 2.54 bits per heavy atom. The Kier molecular flexibility index (Phi) is 5.14. The van der Waals surface area contributed by atoms with Crippen LogP contribution in [-0.2, 0) is 22.2 Å². The minimum absolute atomic E-state index is 0.0463. The number of hydrogen-bond acceptors (Lipinski definition) is 4. The number of carbonyl (C=O) groups is 2. The second kappa shape index (κ2) is 7.25. The highest BCUT2D eigenvalue weighted by Crippen LogP contribution is 2.29. The number of aliphatic carboxylic acids is 1. The van der Waals surface area contributed by atoms with Crippen molar-refractivity contribution in [1.29, 1.82) is 0 Å². The monoisotopic (exact) mass is 396 g/mol. The van der Waals surface area contributed by atoms with Crippen molar-refractivity contribution in [3.63, 3.8) is 0 Å². The molecule has 10 heteroatoms. The molecule has 150 valence electrons. The molecule has 0 aromatic carbocycles. The van der Waals surface area contributed by atoms with Gasteiger partial charge in [-0.05, 0) is 32.4 Å². The van der Waals surface area contributed by atoms with Crippen LogP contribution in [0.3, 0.4) is 0 Å². The summed E-state index contributed by atoms with van der Waals surface area (Å²) in [5, 5.41) is 13.4. The molecule has 0 bridgehead atoms. The summed E-state index contributed by atoms with van der Waals surface area (Å²) < 4.78 is 39.5. The van der Waals surface area contributed by atoms with Crippen LogP contribution in [0.1, 0.15) is 28.9 Å². The molecule has 0 radical (unpaired) electrons. The van der Waals surface area contributed by atoms with Crippen LogP contribution in [0.25, 0.3) is 5.82 Å². The number of hydrogen-bond donors (Lipinski definition) is 1. The van der Waals surface area contributed by atoms with E-state index in [4.69, 9.17) is 5.11 Å². The molecule has 28 heavy (non-hydrogen) atoms. The molecule has 1 saturated heterocycles. The number of amides is 1. The third kappa shape index (κ3) is 3.85. The van der Waals surface area contributed by atoms with E-state index in [9.17, 15) is 22.8 Å². The third-order valence-corrected chi connectivity index (χ3v) is 4.95. The van der Waals surface area contributed by atoms with E-state index >= 15 is 0 Å². The number of carbonyl (C=O) groups excluding carboxylic acids is 1. The van der Waals surface area contributed by atoms with Crippen molar-refractivity contribution in [3.05, 3.63) is 40.8 Å². The van der Waals surface area contributed by atoms with Gasteiger partial charge in [-0.3, -0.25) is 9.59 Å². The number of halogens is 3.